The number of carboxylic acid groups (broad SMARTS) is 1. The largest absolute Gasteiger partial charge is 0.481 e. The highest BCUT2D eigenvalue weighted by Gasteiger charge is 2.40. The van der Waals surface area contributed by atoms with Crippen molar-refractivity contribution in [2.45, 2.75) is 65.2 Å². The minimum atomic E-state index is -3.37. The van der Waals surface area contributed by atoms with Crippen molar-refractivity contribution >= 4 is 61.3 Å². The summed E-state index contributed by atoms with van der Waals surface area (Å²) >= 11 is 2.32. The molecule has 0 unspecified atom stereocenters. The second-order valence-corrected chi connectivity index (χ2v) is 14.0. The molecule has 1 atom stereocenters. The number of thiazole rings is 1. The molecule has 3 saturated carbocycles. The summed E-state index contributed by atoms with van der Waals surface area (Å²) in [6, 6.07) is 5.17. The molecular formula is C25H26N2O6S3. The Morgan fingerprint density at radius 1 is 1.19 bits per heavy atom. The predicted molar refractivity (Wildman–Crippen MR) is 138 cm³/mol. The van der Waals surface area contributed by atoms with Gasteiger partial charge in [0.25, 0.3) is 5.91 Å². The van der Waals surface area contributed by atoms with Crippen molar-refractivity contribution in [2.24, 2.45) is 5.92 Å². The summed E-state index contributed by atoms with van der Waals surface area (Å²) < 4.78 is 26.7. The van der Waals surface area contributed by atoms with E-state index in [1.807, 2.05) is 12.1 Å². The summed E-state index contributed by atoms with van der Waals surface area (Å²) in [5.74, 6) is -1.14. The van der Waals surface area contributed by atoms with Crippen LogP contribution in [0.25, 0.3) is 5.57 Å². The Morgan fingerprint density at radius 3 is 2.61 bits per heavy atom. The molecule has 2 aromatic rings. The van der Waals surface area contributed by atoms with E-state index >= 15 is 0 Å². The smallest absolute Gasteiger partial charge is 0.313 e. The number of benzene rings is 1. The molecule has 0 radical (unpaired) electrons. The third-order valence-electron chi connectivity index (χ3n) is 6.58. The number of allylic oxidation sites excluding steroid dienone is 1. The number of nitrogens with zero attached hydrogens (tertiary/aromatic N) is 1. The number of carbonyl (C=O) groups is 3. The molecule has 1 aromatic heterocycles. The highest BCUT2D eigenvalue weighted by molar-refractivity contribution is 8.01. The summed E-state index contributed by atoms with van der Waals surface area (Å²) in [7, 11) is -3.37. The lowest BCUT2D eigenvalue weighted by atomic mass is 9.96. The van der Waals surface area contributed by atoms with E-state index in [0.717, 1.165) is 30.2 Å². The van der Waals surface area contributed by atoms with Crippen LogP contribution >= 0.6 is 23.1 Å². The van der Waals surface area contributed by atoms with Gasteiger partial charge in [0.15, 0.2) is 15.0 Å². The first kappa shape index (κ1) is 25.2. The number of carboxylic acids is 1. The van der Waals surface area contributed by atoms with Crippen molar-refractivity contribution < 1.29 is 27.9 Å². The van der Waals surface area contributed by atoms with E-state index in [2.05, 4.69) is 10.3 Å². The maximum Gasteiger partial charge on any atom is 0.313 e. The molecule has 3 fully saturated rings. The monoisotopic (exact) mass is 546 g/mol. The zero-order valence-corrected chi connectivity index (χ0v) is 21.9. The Labute approximate surface area is 217 Å². The van der Waals surface area contributed by atoms with Crippen molar-refractivity contribution in [3.63, 3.8) is 0 Å². The van der Waals surface area contributed by atoms with Crippen molar-refractivity contribution in [1.29, 1.82) is 0 Å². The van der Waals surface area contributed by atoms with Gasteiger partial charge in [0.05, 0.1) is 26.3 Å². The quantitative estimate of drug-likeness (QED) is 0.328. The lowest BCUT2D eigenvalue weighted by molar-refractivity contribution is -0.134. The van der Waals surface area contributed by atoms with Crippen LogP contribution in [0.1, 0.15) is 62.0 Å². The molecule has 1 amide bonds. The van der Waals surface area contributed by atoms with Gasteiger partial charge in [-0.05, 0) is 67.2 Å². The number of rotatable bonds is 10. The second kappa shape index (κ2) is 10.1. The van der Waals surface area contributed by atoms with Gasteiger partial charge in [0.1, 0.15) is 5.78 Å². The van der Waals surface area contributed by atoms with Crippen LogP contribution in [0.2, 0.25) is 0 Å². The van der Waals surface area contributed by atoms with Gasteiger partial charge in [-0.1, -0.05) is 23.5 Å². The van der Waals surface area contributed by atoms with Gasteiger partial charge in [0.2, 0.25) is 0 Å². The number of hydrogen-bond donors (Lipinski definition) is 2. The first-order valence-electron chi connectivity index (χ1n) is 11.9. The van der Waals surface area contributed by atoms with Crippen LogP contribution in [0.15, 0.2) is 39.6 Å². The van der Waals surface area contributed by atoms with Gasteiger partial charge < -0.3 is 5.11 Å². The fourth-order valence-electron chi connectivity index (χ4n) is 4.45. The van der Waals surface area contributed by atoms with E-state index in [1.165, 1.54) is 17.5 Å². The van der Waals surface area contributed by atoms with Gasteiger partial charge in [-0.2, -0.15) is 0 Å². The van der Waals surface area contributed by atoms with Crippen LogP contribution in [0.5, 0.6) is 0 Å². The first-order chi connectivity index (χ1) is 17.2. The van der Waals surface area contributed by atoms with Crippen LogP contribution in [0.4, 0.5) is 5.13 Å². The molecular weight excluding hydrogens is 520 g/mol. The fourth-order valence-corrected chi connectivity index (χ4v) is 7.97. The van der Waals surface area contributed by atoms with Crippen LogP contribution in [0, 0.1) is 5.92 Å². The molecule has 0 bridgehead atoms. The Morgan fingerprint density at radius 2 is 1.97 bits per heavy atom. The van der Waals surface area contributed by atoms with Crippen molar-refractivity contribution in [2.75, 3.05) is 11.1 Å². The molecule has 1 aromatic carbocycles. The number of nitrogens with one attached hydrogen (secondary N) is 1. The normalized spacial score (nSPS) is 20.5. The van der Waals surface area contributed by atoms with E-state index in [1.54, 1.807) is 12.1 Å². The number of hydrogen-bond acceptors (Lipinski definition) is 8. The van der Waals surface area contributed by atoms with Crippen molar-refractivity contribution in [3.05, 3.63) is 41.6 Å². The summed E-state index contributed by atoms with van der Waals surface area (Å²) in [5.41, 5.74) is 1.80. The Bertz CT molecular complexity index is 1360. The first-order valence-corrected chi connectivity index (χ1v) is 15.3. The molecule has 8 nitrogen and oxygen atoms in total. The summed E-state index contributed by atoms with van der Waals surface area (Å²) in [4.78, 5) is 40.7. The van der Waals surface area contributed by atoms with Crippen LogP contribution in [0.3, 0.4) is 0 Å². The van der Waals surface area contributed by atoms with E-state index < -0.39 is 21.7 Å². The summed E-state index contributed by atoms with van der Waals surface area (Å²) in [6.07, 6.45) is 8.13. The molecule has 5 rings (SSSR count). The topological polar surface area (TPSA) is 130 Å². The van der Waals surface area contributed by atoms with Gasteiger partial charge in [-0.25, -0.2) is 13.4 Å². The maximum absolute atomic E-state index is 13.4. The molecule has 3 aliphatic carbocycles. The minimum absolute atomic E-state index is 0.0597. The average Bonchev–Trinajstić information content (AvgIpc) is 3.77. The van der Waals surface area contributed by atoms with Crippen LogP contribution in [-0.2, 0) is 24.2 Å². The predicted octanol–water partition coefficient (Wildman–Crippen LogP) is 4.52. The number of aliphatic carboxylic acids is 1. The molecule has 36 heavy (non-hydrogen) atoms. The Balaban J connectivity index is 1.45. The molecule has 0 saturated heterocycles. The minimum Gasteiger partial charge on any atom is -0.481 e. The highest BCUT2D eigenvalue weighted by Crippen LogP contribution is 2.46. The lowest BCUT2D eigenvalue weighted by Gasteiger charge is -2.15. The van der Waals surface area contributed by atoms with Gasteiger partial charge in [-0.3, -0.25) is 19.7 Å². The number of carbonyl (C=O) groups excluding carboxylic acids is 2. The number of aromatic nitrogens is 1. The fraction of sp³-hybridized carbons (Fsp3) is 0.440. The van der Waals surface area contributed by atoms with E-state index in [9.17, 15) is 22.8 Å². The van der Waals surface area contributed by atoms with Crippen LogP contribution in [-0.4, -0.2) is 47.2 Å². The van der Waals surface area contributed by atoms with Gasteiger partial charge in [0, 0.05) is 18.4 Å². The lowest BCUT2D eigenvalue weighted by Crippen LogP contribution is -2.15. The van der Waals surface area contributed by atoms with E-state index in [0.29, 0.717) is 57.5 Å². The number of amides is 1. The summed E-state index contributed by atoms with van der Waals surface area (Å²) in [5, 5.41) is 11.7. The molecule has 3 aliphatic rings. The number of ketones is 1. The number of thioether (sulfide) groups is 1. The standard InChI is InChI=1S/C25H26N2O6S3/c28-17-5-1-14(9-17)10-20(24(31)27-25-26-12-23(35-25)34-13-22(29)30)16-4-8-21(19(11-16)15-2-3-15)36(32,33)18-6-7-18/h4,8,10-12,14-15,18H,1-3,5-7,9,13H2,(H,29,30)(H,26,27,31)/b20-10+/t14-/m0/s1. The van der Waals surface area contributed by atoms with Gasteiger partial charge >= 0.3 is 5.97 Å². The van der Waals surface area contributed by atoms with Crippen molar-refractivity contribution in [1.82, 2.24) is 4.98 Å². The average molecular weight is 547 g/mol. The number of Topliss-reactive ketones (excluding diaryl/α,β-unsaturated/α-hetero) is 1. The van der Waals surface area contributed by atoms with Crippen molar-refractivity contribution in [3.8, 4) is 0 Å². The SMILES string of the molecule is O=C(O)CSc1cnc(NC(=O)/C(=C/[C@H]2CCC(=O)C2)c2ccc(S(=O)(=O)C3CC3)c(C3CC3)c2)s1. The number of anilines is 1. The van der Waals surface area contributed by atoms with E-state index in [4.69, 9.17) is 5.11 Å². The van der Waals surface area contributed by atoms with Gasteiger partial charge in [-0.15, -0.1) is 11.8 Å². The zero-order chi connectivity index (χ0) is 25.4. The third-order valence-corrected chi connectivity index (χ3v) is 11.0. The van der Waals surface area contributed by atoms with Crippen LogP contribution < -0.4 is 5.32 Å². The number of sulfone groups is 1. The molecule has 1 heterocycles. The molecule has 0 spiro atoms. The molecule has 190 valence electrons. The zero-order valence-electron chi connectivity index (χ0n) is 19.4. The highest BCUT2D eigenvalue weighted by atomic mass is 32.2. The molecule has 11 heteroatoms. The summed E-state index contributed by atoms with van der Waals surface area (Å²) in [6.45, 7) is 0. The molecule has 2 N–H and O–H groups in total. The maximum atomic E-state index is 13.4. The second-order valence-electron chi connectivity index (χ2n) is 9.51. The third kappa shape index (κ3) is 5.73. The Hall–Kier alpha value is -2.50. The Kier molecular flexibility index (Phi) is 7.06. The van der Waals surface area contributed by atoms with E-state index in [-0.39, 0.29) is 28.6 Å². The molecule has 0 aliphatic heterocycles.